The minimum Gasteiger partial charge on any atom is -0.487 e. The molecule has 1 amide bonds. The molecule has 1 N–H and O–H groups in total. The van der Waals surface area contributed by atoms with Crippen LogP contribution in [0.25, 0.3) is 11.1 Å². The fourth-order valence-corrected chi connectivity index (χ4v) is 5.90. The zero-order valence-electron chi connectivity index (χ0n) is 20.7. The van der Waals surface area contributed by atoms with Crippen LogP contribution in [0, 0.1) is 5.92 Å². The van der Waals surface area contributed by atoms with E-state index >= 15 is 0 Å². The van der Waals surface area contributed by atoms with Crippen LogP contribution < -0.4 is 4.74 Å². The van der Waals surface area contributed by atoms with Gasteiger partial charge in [-0.05, 0) is 56.4 Å². The summed E-state index contributed by atoms with van der Waals surface area (Å²) >= 11 is 0. The Morgan fingerprint density at radius 1 is 1.15 bits per heavy atom. The summed E-state index contributed by atoms with van der Waals surface area (Å²) in [6, 6.07) is 11.7. The molecular weight excluding hydrogens is 454 g/mol. The molecule has 0 aliphatic carbocycles. The summed E-state index contributed by atoms with van der Waals surface area (Å²) in [6.07, 6.45) is -0.255. The van der Waals surface area contributed by atoms with Crippen molar-refractivity contribution in [1.82, 2.24) is 14.1 Å². The predicted octanol–water partition coefficient (Wildman–Crippen LogP) is 2.39. The van der Waals surface area contributed by atoms with Crippen LogP contribution in [-0.2, 0) is 10.0 Å². The maximum Gasteiger partial charge on any atom is 0.253 e. The van der Waals surface area contributed by atoms with Crippen LogP contribution in [0.2, 0.25) is 0 Å². The van der Waals surface area contributed by atoms with Crippen molar-refractivity contribution in [2.45, 2.75) is 30.9 Å². The van der Waals surface area contributed by atoms with Gasteiger partial charge in [-0.1, -0.05) is 25.1 Å². The first-order valence-corrected chi connectivity index (χ1v) is 12.8. The third-order valence-electron chi connectivity index (χ3n) is 6.06. The van der Waals surface area contributed by atoms with E-state index in [1.54, 1.807) is 51.4 Å². The van der Waals surface area contributed by atoms with E-state index in [0.717, 1.165) is 11.1 Å². The lowest BCUT2D eigenvalue weighted by molar-refractivity contribution is 0.0812. The van der Waals surface area contributed by atoms with Gasteiger partial charge in [0.25, 0.3) is 5.91 Å². The molecule has 0 spiro atoms. The SMILES string of the molecule is C[C@@H]1CN([C@H](C)CO)S(=O)(=O)c2ccc(-c3cccc(C(=O)N(C)C)c3)cc2O[C@H]1CN(C)C. The average molecular weight is 490 g/mol. The van der Waals surface area contributed by atoms with Gasteiger partial charge in [0.2, 0.25) is 10.0 Å². The Morgan fingerprint density at radius 2 is 1.82 bits per heavy atom. The number of carbonyl (C=O) groups is 1. The lowest BCUT2D eigenvalue weighted by atomic mass is 10.0. The summed E-state index contributed by atoms with van der Waals surface area (Å²) in [5, 5.41) is 9.75. The van der Waals surface area contributed by atoms with Crippen LogP contribution in [0.3, 0.4) is 0 Å². The number of aliphatic hydroxyl groups excluding tert-OH is 1. The molecule has 0 bridgehead atoms. The number of carbonyl (C=O) groups excluding carboxylic acids is 1. The predicted molar refractivity (Wildman–Crippen MR) is 132 cm³/mol. The van der Waals surface area contributed by atoms with Crippen LogP contribution in [0.4, 0.5) is 0 Å². The third kappa shape index (κ3) is 5.43. The van der Waals surface area contributed by atoms with Gasteiger partial charge in [-0.3, -0.25) is 4.79 Å². The molecule has 0 fully saturated rings. The number of rotatable bonds is 6. The van der Waals surface area contributed by atoms with E-state index in [2.05, 4.69) is 0 Å². The topological polar surface area (TPSA) is 90.4 Å². The van der Waals surface area contributed by atoms with E-state index < -0.39 is 16.1 Å². The summed E-state index contributed by atoms with van der Waals surface area (Å²) in [5.74, 6) is 0.0554. The van der Waals surface area contributed by atoms with E-state index in [0.29, 0.717) is 12.1 Å². The van der Waals surface area contributed by atoms with Crippen LogP contribution in [0.5, 0.6) is 5.75 Å². The van der Waals surface area contributed by atoms with Gasteiger partial charge >= 0.3 is 0 Å². The largest absolute Gasteiger partial charge is 0.487 e. The minimum atomic E-state index is -3.90. The Bertz CT molecular complexity index is 1130. The van der Waals surface area contributed by atoms with Gasteiger partial charge in [0.15, 0.2) is 0 Å². The highest BCUT2D eigenvalue weighted by Gasteiger charge is 2.38. The number of hydrogen-bond donors (Lipinski definition) is 1. The number of aliphatic hydroxyl groups is 1. The van der Waals surface area contributed by atoms with Crippen molar-refractivity contribution in [1.29, 1.82) is 0 Å². The minimum absolute atomic E-state index is 0.0766. The molecule has 1 aliphatic heterocycles. The molecule has 2 aromatic rings. The fraction of sp³-hybridized carbons (Fsp3) is 0.480. The summed E-state index contributed by atoms with van der Waals surface area (Å²) in [7, 11) is 3.40. The smallest absolute Gasteiger partial charge is 0.253 e. The number of hydrogen-bond acceptors (Lipinski definition) is 6. The first kappa shape index (κ1) is 26.2. The lowest BCUT2D eigenvalue weighted by Gasteiger charge is -2.37. The summed E-state index contributed by atoms with van der Waals surface area (Å²) in [4.78, 5) is 16.0. The van der Waals surface area contributed by atoms with Crippen molar-refractivity contribution >= 4 is 15.9 Å². The Hall–Kier alpha value is -2.46. The fourth-order valence-electron chi connectivity index (χ4n) is 4.07. The molecule has 0 saturated heterocycles. The molecule has 34 heavy (non-hydrogen) atoms. The van der Waals surface area contributed by atoms with Crippen LogP contribution in [-0.4, -0.2) is 93.6 Å². The highest BCUT2D eigenvalue weighted by Crippen LogP contribution is 2.36. The van der Waals surface area contributed by atoms with Gasteiger partial charge in [0, 0.05) is 44.7 Å². The van der Waals surface area contributed by atoms with Crippen molar-refractivity contribution in [3.8, 4) is 16.9 Å². The quantitative estimate of drug-likeness (QED) is 0.670. The normalized spacial score (nSPS) is 21.2. The molecule has 2 aromatic carbocycles. The number of likely N-dealkylation sites (N-methyl/N-ethyl adjacent to an activating group) is 1. The van der Waals surface area contributed by atoms with Gasteiger partial charge in [-0.2, -0.15) is 4.31 Å². The third-order valence-corrected chi connectivity index (χ3v) is 8.08. The molecule has 8 nitrogen and oxygen atoms in total. The lowest BCUT2D eigenvalue weighted by Crippen LogP contribution is -2.49. The number of ether oxygens (including phenoxy) is 1. The molecule has 0 radical (unpaired) electrons. The molecule has 0 unspecified atom stereocenters. The van der Waals surface area contributed by atoms with E-state index in [1.807, 2.05) is 38.1 Å². The second kappa shape index (κ2) is 10.4. The number of sulfonamides is 1. The standard InChI is InChI=1S/C25H35N3O5S/c1-17-14-28(18(2)16-29)34(31,32)24-11-10-20(13-22(24)33-23(17)15-26(3)4)19-8-7-9-21(12-19)25(30)27(5)6/h7-13,17-18,23,29H,14-16H2,1-6H3/t17-,18-,23+/m1/s1. The second-order valence-corrected chi connectivity index (χ2v) is 11.3. The zero-order valence-corrected chi connectivity index (χ0v) is 21.5. The highest BCUT2D eigenvalue weighted by atomic mass is 32.2. The van der Waals surface area contributed by atoms with E-state index in [1.165, 1.54) is 9.21 Å². The molecule has 0 saturated carbocycles. The van der Waals surface area contributed by atoms with E-state index in [4.69, 9.17) is 4.74 Å². The molecule has 1 heterocycles. The molecule has 1 aliphatic rings. The Labute approximate surface area is 202 Å². The van der Waals surface area contributed by atoms with Crippen LogP contribution in [0.15, 0.2) is 47.4 Å². The Morgan fingerprint density at radius 3 is 2.44 bits per heavy atom. The molecule has 3 atom stereocenters. The first-order chi connectivity index (χ1) is 15.9. The number of fused-ring (bicyclic) bond motifs is 1. The van der Waals surface area contributed by atoms with Crippen LogP contribution >= 0.6 is 0 Å². The summed E-state index contributed by atoms with van der Waals surface area (Å²) in [5.41, 5.74) is 2.09. The van der Waals surface area contributed by atoms with Crippen molar-refractivity contribution in [3.63, 3.8) is 0 Å². The average Bonchev–Trinajstić information content (AvgIpc) is 2.79. The first-order valence-electron chi connectivity index (χ1n) is 11.4. The monoisotopic (exact) mass is 489 g/mol. The van der Waals surface area contributed by atoms with E-state index in [9.17, 15) is 18.3 Å². The maximum atomic E-state index is 13.6. The molecule has 3 rings (SSSR count). The summed E-state index contributed by atoms with van der Waals surface area (Å²) in [6.45, 7) is 4.25. The van der Waals surface area contributed by atoms with Gasteiger partial charge < -0.3 is 19.6 Å². The van der Waals surface area contributed by atoms with Gasteiger partial charge in [-0.25, -0.2) is 8.42 Å². The number of amides is 1. The molecule has 186 valence electrons. The number of benzene rings is 2. The van der Waals surface area contributed by atoms with Crippen molar-refractivity contribution < 1.29 is 23.1 Å². The van der Waals surface area contributed by atoms with E-state index in [-0.39, 0.29) is 41.7 Å². The highest BCUT2D eigenvalue weighted by molar-refractivity contribution is 7.89. The van der Waals surface area contributed by atoms with Gasteiger partial charge in [0.05, 0.1) is 6.61 Å². The molecule has 9 heteroatoms. The van der Waals surface area contributed by atoms with Crippen LogP contribution in [0.1, 0.15) is 24.2 Å². The van der Waals surface area contributed by atoms with Crippen molar-refractivity contribution in [3.05, 3.63) is 48.0 Å². The Balaban J connectivity index is 2.14. The molecular formula is C25H35N3O5S. The maximum absolute atomic E-state index is 13.6. The zero-order chi connectivity index (χ0) is 25.2. The Kier molecular flexibility index (Phi) is 8.02. The second-order valence-electron chi connectivity index (χ2n) is 9.44. The van der Waals surface area contributed by atoms with Crippen molar-refractivity contribution in [2.75, 3.05) is 47.9 Å². The number of nitrogens with zero attached hydrogens (tertiary/aromatic N) is 3. The molecule has 0 aromatic heterocycles. The van der Waals surface area contributed by atoms with Gasteiger partial charge in [-0.15, -0.1) is 0 Å². The van der Waals surface area contributed by atoms with Crippen molar-refractivity contribution in [2.24, 2.45) is 5.92 Å². The van der Waals surface area contributed by atoms with Gasteiger partial charge in [0.1, 0.15) is 16.7 Å². The summed E-state index contributed by atoms with van der Waals surface area (Å²) < 4.78 is 34.9.